The maximum absolute atomic E-state index is 12.6. The van der Waals surface area contributed by atoms with Crippen molar-refractivity contribution < 1.29 is 19.1 Å². The first kappa shape index (κ1) is 14.4. The number of rotatable bonds is 6. The van der Waals surface area contributed by atoms with E-state index in [0.717, 1.165) is 12.3 Å². The van der Waals surface area contributed by atoms with Crippen LogP contribution in [0.1, 0.15) is 16.8 Å². The topological polar surface area (TPSA) is 79.3 Å². The monoisotopic (exact) mass is 272 g/mol. The molecule has 98 valence electrons. The van der Waals surface area contributed by atoms with E-state index in [4.69, 9.17) is 5.11 Å². The SMILES string of the molecule is CSCC[C@@H](NC(=O)c1ccc(F)nc1)C(=O)O. The van der Waals surface area contributed by atoms with Crippen molar-refractivity contribution in [2.75, 3.05) is 12.0 Å². The Morgan fingerprint density at radius 2 is 2.28 bits per heavy atom. The van der Waals surface area contributed by atoms with E-state index in [9.17, 15) is 14.0 Å². The quantitative estimate of drug-likeness (QED) is 0.760. The molecule has 7 heteroatoms. The van der Waals surface area contributed by atoms with Crippen LogP contribution in [0, 0.1) is 5.95 Å². The minimum atomic E-state index is -1.09. The highest BCUT2D eigenvalue weighted by Crippen LogP contribution is 2.04. The number of aliphatic carboxylic acids is 1. The molecule has 1 heterocycles. The Labute approximate surface area is 108 Å². The molecule has 0 radical (unpaired) electrons. The highest BCUT2D eigenvalue weighted by Gasteiger charge is 2.20. The fraction of sp³-hybridized carbons (Fsp3) is 0.364. The molecule has 0 aliphatic carbocycles. The molecule has 18 heavy (non-hydrogen) atoms. The summed E-state index contributed by atoms with van der Waals surface area (Å²) in [5, 5.41) is 11.3. The lowest BCUT2D eigenvalue weighted by atomic mass is 10.2. The van der Waals surface area contributed by atoms with Crippen molar-refractivity contribution >= 4 is 23.6 Å². The smallest absolute Gasteiger partial charge is 0.326 e. The average Bonchev–Trinajstić information content (AvgIpc) is 2.34. The van der Waals surface area contributed by atoms with Gasteiger partial charge in [-0.15, -0.1) is 0 Å². The number of thioether (sulfide) groups is 1. The van der Waals surface area contributed by atoms with Gasteiger partial charge in [-0.2, -0.15) is 16.2 Å². The van der Waals surface area contributed by atoms with Gasteiger partial charge in [0.05, 0.1) is 5.56 Å². The lowest BCUT2D eigenvalue weighted by molar-refractivity contribution is -0.139. The van der Waals surface area contributed by atoms with E-state index < -0.39 is 23.9 Å². The number of carboxylic acid groups (broad SMARTS) is 1. The molecule has 0 saturated carbocycles. The van der Waals surface area contributed by atoms with Gasteiger partial charge in [-0.25, -0.2) is 9.78 Å². The summed E-state index contributed by atoms with van der Waals surface area (Å²) in [5.41, 5.74) is 0.131. The Morgan fingerprint density at radius 1 is 1.56 bits per heavy atom. The molecular weight excluding hydrogens is 259 g/mol. The third kappa shape index (κ3) is 4.33. The average molecular weight is 272 g/mol. The summed E-state index contributed by atoms with van der Waals surface area (Å²) in [6, 6.07) is 1.35. The van der Waals surface area contributed by atoms with Gasteiger partial charge in [0.25, 0.3) is 5.91 Å². The molecule has 0 aromatic carbocycles. The molecule has 0 unspecified atom stereocenters. The standard InChI is InChI=1S/C11H13FN2O3S/c1-18-5-4-8(11(16)17)14-10(15)7-2-3-9(12)13-6-7/h2-3,6,8H,4-5H2,1H3,(H,14,15)(H,16,17)/t8-/m1/s1. The van der Waals surface area contributed by atoms with E-state index in [-0.39, 0.29) is 5.56 Å². The normalized spacial score (nSPS) is 11.9. The van der Waals surface area contributed by atoms with E-state index in [0.29, 0.717) is 12.2 Å². The third-order valence-electron chi connectivity index (χ3n) is 2.20. The predicted octanol–water partition coefficient (Wildman–Crippen LogP) is 1.16. The van der Waals surface area contributed by atoms with Gasteiger partial charge in [0.1, 0.15) is 6.04 Å². The van der Waals surface area contributed by atoms with Gasteiger partial charge >= 0.3 is 5.97 Å². The number of nitrogens with zero attached hydrogens (tertiary/aromatic N) is 1. The fourth-order valence-electron chi connectivity index (χ4n) is 1.24. The van der Waals surface area contributed by atoms with E-state index >= 15 is 0 Å². The Balaban J connectivity index is 2.66. The molecule has 1 atom stereocenters. The van der Waals surface area contributed by atoms with Crippen LogP contribution in [0.2, 0.25) is 0 Å². The first-order valence-electron chi connectivity index (χ1n) is 5.18. The van der Waals surface area contributed by atoms with Crippen LogP contribution in [0.15, 0.2) is 18.3 Å². The largest absolute Gasteiger partial charge is 0.480 e. The lowest BCUT2D eigenvalue weighted by Gasteiger charge is -2.13. The molecule has 0 aliphatic heterocycles. The zero-order valence-corrected chi connectivity index (χ0v) is 10.5. The molecule has 1 rings (SSSR count). The van der Waals surface area contributed by atoms with Crippen molar-refractivity contribution in [3.05, 3.63) is 29.8 Å². The van der Waals surface area contributed by atoms with Crippen LogP contribution in [0.5, 0.6) is 0 Å². The molecule has 0 bridgehead atoms. The number of carboxylic acids is 1. The number of pyridine rings is 1. The van der Waals surface area contributed by atoms with Crippen molar-refractivity contribution in [3.8, 4) is 0 Å². The summed E-state index contributed by atoms with van der Waals surface area (Å²) in [7, 11) is 0. The summed E-state index contributed by atoms with van der Waals surface area (Å²) in [6.07, 6.45) is 3.25. The molecule has 0 spiro atoms. The number of halogens is 1. The first-order valence-corrected chi connectivity index (χ1v) is 6.58. The second-order valence-corrected chi connectivity index (χ2v) is 4.50. The van der Waals surface area contributed by atoms with Gasteiger partial charge in [0.2, 0.25) is 5.95 Å². The van der Waals surface area contributed by atoms with Crippen LogP contribution < -0.4 is 5.32 Å². The summed E-state index contributed by atoms with van der Waals surface area (Å²) in [6.45, 7) is 0. The van der Waals surface area contributed by atoms with Crippen molar-refractivity contribution in [3.63, 3.8) is 0 Å². The Bertz CT molecular complexity index is 425. The molecule has 1 amide bonds. The molecular formula is C11H13FN2O3S. The van der Waals surface area contributed by atoms with Crippen LogP contribution in [0.25, 0.3) is 0 Å². The van der Waals surface area contributed by atoms with Crippen LogP contribution in [0.4, 0.5) is 4.39 Å². The second kappa shape index (κ2) is 6.95. The number of carbonyl (C=O) groups is 2. The Kier molecular flexibility index (Phi) is 5.57. The van der Waals surface area contributed by atoms with E-state index in [1.165, 1.54) is 17.8 Å². The summed E-state index contributed by atoms with van der Waals surface area (Å²) >= 11 is 1.50. The van der Waals surface area contributed by atoms with E-state index in [1.807, 2.05) is 6.26 Å². The van der Waals surface area contributed by atoms with Crippen molar-refractivity contribution in [2.24, 2.45) is 0 Å². The van der Waals surface area contributed by atoms with Gasteiger partial charge < -0.3 is 10.4 Å². The van der Waals surface area contributed by atoms with Crippen molar-refractivity contribution in [1.29, 1.82) is 0 Å². The Morgan fingerprint density at radius 3 is 2.78 bits per heavy atom. The number of amides is 1. The van der Waals surface area contributed by atoms with Gasteiger partial charge in [-0.05, 0) is 30.6 Å². The number of hydrogen-bond donors (Lipinski definition) is 2. The molecule has 1 aromatic rings. The fourth-order valence-corrected chi connectivity index (χ4v) is 1.72. The molecule has 0 saturated heterocycles. The minimum absolute atomic E-state index is 0.131. The van der Waals surface area contributed by atoms with E-state index in [1.54, 1.807) is 0 Å². The first-order chi connectivity index (χ1) is 8.54. The third-order valence-corrected chi connectivity index (χ3v) is 2.85. The summed E-state index contributed by atoms with van der Waals surface area (Å²) < 4.78 is 12.6. The predicted molar refractivity (Wildman–Crippen MR) is 66.1 cm³/mol. The maximum atomic E-state index is 12.6. The molecule has 0 aliphatic rings. The van der Waals surface area contributed by atoms with Crippen molar-refractivity contribution in [2.45, 2.75) is 12.5 Å². The summed E-state index contributed by atoms with van der Waals surface area (Å²) in [4.78, 5) is 26.0. The molecule has 0 fully saturated rings. The zero-order chi connectivity index (χ0) is 13.5. The van der Waals surface area contributed by atoms with Crippen LogP contribution in [0.3, 0.4) is 0 Å². The highest BCUT2D eigenvalue weighted by molar-refractivity contribution is 7.98. The van der Waals surface area contributed by atoms with Crippen LogP contribution >= 0.6 is 11.8 Å². The number of carbonyl (C=O) groups excluding carboxylic acids is 1. The highest BCUT2D eigenvalue weighted by atomic mass is 32.2. The molecule has 5 nitrogen and oxygen atoms in total. The second-order valence-electron chi connectivity index (χ2n) is 3.52. The number of hydrogen-bond acceptors (Lipinski definition) is 4. The molecule has 2 N–H and O–H groups in total. The maximum Gasteiger partial charge on any atom is 0.326 e. The van der Waals surface area contributed by atoms with Crippen LogP contribution in [-0.2, 0) is 4.79 Å². The Hall–Kier alpha value is -1.63. The number of nitrogens with one attached hydrogen (secondary N) is 1. The zero-order valence-electron chi connectivity index (χ0n) is 9.72. The van der Waals surface area contributed by atoms with Crippen molar-refractivity contribution in [1.82, 2.24) is 10.3 Å². The lowest BCUT2D eigenvalue weighted by Crippen LogP contribution is -2.41. The van der Waals surface area contributed by atoms with E-state index in [2.05, 4.69) is 10.3 Å². The number of aromatic nitrogens is 1. The summed E-state index contributed by atoms with van der Waals surface area (Å²) in [5.74, 6) is -1.73. The minimum Gasteiger partial charge on any atom is -0.480 e. The van der Waals surface area contributed by atoms with Gasteiger partial charge in [-0.1, -0.05) is 0 Å². The van der Waals surface area contributed by atoms with Gasteiger partial charge in [-0.3, -0.25) is 4.79 Å². The van der Waals surface area contributed by atoms with Gasteiger partial charge in [0, 0.05) is 6.20 Å². The molecule has 1 aromatic heterocycles. The van der Waals surface area contributed by atoms with Gasteiger partial charge in [0.15, 0.2) is 0 Å². The van der Waals surface area contributed by atoms with Crippen LogP contribution in [-0.4, -0.2) is 40.0 Å².